The van der Waals surface area contributed by atoms with E-state index in [1.165, 1.54) is 17.0 Å². The number of nitrogens with zero attached hydrogens (tertiary/aromatic N) is 1. The summed E-state index contributed by atoms with van der Waals surface area (Å²) in [5, 5.41) is 3.13. The van der Waals surface area contributed by atoms with Crippen LogP contribution in [0.15, 0.2) is 18.2 Å². The molecule has 5 heteroatoms. The standard InChI is InChI=1S/C12H12F2N2O/c1-16-10(15-12(4-5-12)11(16)17)8-3-2-7(13)6-9(8)14/h2-3,6,10,15H,4-5H2,1H3. The molecule has 3 rings (SSSR count). The Bertz CT molecular complexity index is 499. The summed E-state index contributed by atoms with van der Waals surface area (Å²) < 4.78 is 26.5. The first-order valence-electron chi connectivity index (χ1n) is 5.53. The normalized spacial score (nSPS) is 25.7. The number of carbonyl (C=O) groups is 1. The highest BCUT2D eigenvalue weighted by molar-refractivity contribution is 5.91. The van der Waals surface area contributed by atoms with Gasteiger partial charge in [-0.2, -0.15) is 0 Å². The fourth-order valence-electron chi connectivity index (χ4n) is 2.37. The number of hydrogen-bond donors (Lipinski definition) is 1. The average molecular weight is 238 g/mol. The molecule has 1 saturated carbocycles. The Labute approximate surface area is 97.4 Å². The van der Waals surface area contributed by atoms with Crippen molar-refractivity contribution in [1.82, 2.24) is 10.2 Å². The van der Waals surface area contributed by atoms with Gasteiger partial charge in [0.25, 0.3) is 0 Å². The number of halogens is 2. The van der Waals surface area contributed by atoms with Gasteiger partial charge in [0.1, 0.15) is 23.3 Å². The van der Waals surface area contributed by atoms with Crippen molar-refractivity contribution in [2.24, 2.45) is 0 Å². The lowest BCUT2D eigenvalue weighted by Gasteiger charge is -2.20. The van der Waals surface area contributed by atoms with Crippen LogP contribution in [0.2, 0.25) is 0 Å². The fourth-order valence-corrected chi connectivity index (χ4v) is 2.37. The van der Waals surface area contributed by atoms with Crippen molar-refractivity contribution in [2.75, 3.05) is 7.05 Å². The zero-order valence-corrected chi connectivity index (χ0v) is 9.34. The molecule has 1 aliphatic carbocycles. The van der Waals surface area contributed by atoms with Gasteiger partial charge in [0, 0.05) is 18.7 Å². The number of amides is 1. The van der Waals surface area contributed by atoms with Crippen LogP contribution < -0.4 is 5.32 Å². The van der Waals surface area contributed by atoms with E-state index in [-0.39, 0.29) is 5.91 Å². The minimum Gasteiger partial charge on any atom is -0.324 e. The molecule has 2 aliphatic rings. The maximum atomic E-state index is 13.7. The van der Waals surface area contributed by atoms with Gasteiger partial charge < -0.3 is 4.90 Å². The molecule has 0 radical (unpaired) electrons. The van der Waals surface area contributed by atoms with Crippen LogP contribution in [0.5, 0.6) is 0 Å². The van der Waals surface area contributed by atoms with Crippen molar-refractivity contribution in [3.8, 4) is 0 Å². The summed E-state index contributed by atoms with van der Waals surface area (Å²) in [5.74, 6) is -1.24. The Morgan fingerprint density at radius 1 is 1.41 bits per heavy atom. The average Bonchev–Trinajstić information content (AvgIpc) is 3.01. The molecule has 1 spiro atoms. The summed E-state index contributed by atoms with van der Waals surface area (Å²) in [6.45, 7) is 0. The molecule has 1 amide bonds. The van der Waals surface area contributed by atoms with Crippen LogP contribution in [0.1, 0.15) is 24.6 Å². The first kappa shape index (κ1) is 10.7. The molecule has 1 N–H and O–H groups in total. The minimum absolute atomic E-state index is 0.00812. The van der Waals surface area contributed by atoms with E-state index in [0.29, 0.717) is 5.56 Å². The first-order valence-corrected chi connectivity index (χ1v) is 5.53. The highest BCUT2D eigenvalue weighted by atomic mass is 19.1. The van der Waals surface area contributed by atoms with Gasteiger partial charge in [0.2, 0.25) is 5.91 Å². The second-order valence-electron chi connectivity index (χ2n) is 4.71. The Hall–Kier alpha value is -1.49. The summed E-state index contributed by atoms with van der Waals surface area (Å²) in [6.07, 6.45) is 1.08. The number of carbonyl (C=O) groups excluding carboxylic acids is 1. The Balaban J connectivity index is 1.97. The maximum absolute atomic E-state index is 13.7. The zero-order chi connectivity index (χ0) is 12.2. The Morgan fingerprint density at radius 2 is 2.12 bits per heavy atom. The van der Waals surface area contributed by atoms with E-state index in [1.807, 2.05) is 0 Å². The van der Waals surface area contributed by atoms with Crippen LogP contribution in [-0.4, -0.2) is 23.4 Å². The van der Waals surface area contributed by atoms with Gasteiger partial charge in [-0.1, -0.05) is 0 Å². The molecule has 0 aromatic heterocycles. The maximum Gasteiger partial charge on any atom is 0.244 e. The summed E-state index contributed by atoms with van der Waals surface area (Å²) >= 11 is 0. The van der Waals surface area contributed by atoms with Crippen LogP contribution in [0, 0.1) is 11.6 Å². The highest BCUT2D eigenvalue weighted by Gasteiger charge is 2.58. The van der Waals surface area contributed by atoms with E-state index in [9.17, 15) is 13.6 Å². The number of hydrogen-bond acceptors (Lipinski definition) is 2. The van der Waals surface area contributed by atoms with Gasteiger partial charge in [0.15, 0.2) is 0 Å². The molecule has 1 aliphatic heterocycles. The number of likely N-dealkylation sites (N-methyl/N-ethyl adjacent to an activating group) is 1. The van der Waals surface area contributed by atoms with E-state index in [4.69, 9.17) is 0 Å². The molecule has 1 aromatic carbocycles. The van der Waals surface area contributed by atoms with Crippen LogP contribution in [0.25, 0.3) is 0 Å². The van der Waals surface area contributed by atoms with Gasteiger partial charge in [-0.25, -0.2) is 8.78 Å². The largest absolute Gasteiger partial charge is 0.324 e. The second kappa shape index (κ2) is 3.26. The van der Waals surface area contributed by atoms with Crippen LogP contribution in [0.4, 0.5) is 8.78 Å². The van der Waals surface area contributed by atoms with Crippen molar-refractivity contribution >= 4 is 5.91 Å². The van der Waals surface area contributed by atoms with Crippen LogP contribution in [-0.2, 0) is 4.79 Å². The van der Waals surface area contributed by atoms with Gasteiger partial charge >= 0.3 is 0 Å². The number of nitrogens with one attached hydrogen (secondary N) is 1. The molecule has 0 bridgehead atoms. The van der Waals surface area contributed by atoms with E-state index in [1.54, 1.807) is 7.05 Å². The molecule has 1 saturated heterocycles. The van der Waals surface area contributed by atoms with Crippen LogP contribution in [0.3, 0.4) is 0 Å². The summed E-state index contributed by atoms with van der Waals surface area (Å²) in [4.78, 5) is 13.4. The predicted octanol–water partition coefficient (Wildman–Crippen LogP) is 1.56. The molecule has 1 aromatic rings. The molecule has 17 heavy (non-hydrogen) atoms. The van der Waals surface area contributed by atoms with E-state index in [0.717, 1.165) is 18.9 Å². The molecule has 2 fully saturated rings. The van der Waals surface area contributed by atoms with Crippen molar-refractivity contribution in [3.63, 3.8) is 0 Å². The lowest BCUT2D eigenvalue weighted by molar-refractivity contribution is -0.129. The second-order valence-corrected chi connectivity index (χ2v) is 4.71. The number of rotatable bonds is 1. The molecule has 1 unspecified atom stereocenters. The minimum atomic E-state index is -0.625. The van der Waals surface area contributed by atoms with Gasteiger partial charge in [-0.05, 0) is 25.0 Å². The quantitative estimate of drug-likeness (QED) is 0.805. The molecule has 3 nitrogen and oxygen atoms in total. The molecular weight excluding hydrogens is 226 g/mol. The van der Waals surface area contributed by atoms with E-state index in [2.05, 4.69) is 5.32 Å². The van der Waals surface area contributed by atoms with Crippen molar-refractivity contribution in [2.45, 2.75) is 24.5 Å². The third-order valence-corrected chi connectivity index (χ3v) is 3.54. The van der Waals surface area contributed by atoms with Crippen molar-refractivity contribution in [3.05, 3.63) is 35.4 Å². The summed E-state index contributed by atoms with van der Waals surface area (Å²) in [5.41, 5.74) is -0.175. The van der Waals surface area contributed by atoms with Gasteiger partial charge in [0.05, 0.1) is 0 Å². The Kier molecular flexibility index (Phi) is 2.04. The third-order valence-electron chi connectivity index (χ3n) is 3.54. The zero-order valence-electron chi connectivity index (χ0n) is 9.34. The van der Waals surface area contributed by atoms with Gasteiger partial charge in [-0.3, -0.25) is 10.1 Å². The molecular formula is C12H12F2N2O. The van der Waals surface area contributed by atoms with E-state index < -0.39 is 23.3 Å². The topological polar surface area (TPSA) is 32.3 Å². The fraction of sp³-hybridized carbons (Fsp3) is 0.417. The summed E-state index contributed by atoms with van der Waals surface area (Å²) in [6, 6.07) is 3.43. The lowest BCUT2D eigenvalue weighted by Crippen LogP contribution is -2.30. The lowest BCUT2D eigenvalue weighted by atomic mass is 10.1. The van der Waals surface area contributed by atoms with Gasteiger partial charge in [-0.15, -0.1) is 0 Å². The monoisotopic (exact) mass is 238 g/mol. The highest BCUT2D eigenvalue weighted by Crippen LogP contribution is 2.45. The first-order chi connectivity index (χ1) is 8.03. The number of benzene rings is 1. The summed E-state index contributed by atoms with van der Waals surface area (Å²) in [7, 11) is 1.63. The molecule has 1 atom stereocenters. The predicted molar refractivity (Wildman–Crippen MR) is 57.0 cm³/mol. The smallest absolute Gasteiger partial charge is 0.244 e. The van der Waals surface area contributed by atoms with E-state index >= 15 is 0 Å². The van der Waals surface area contributed by atoms with Crippen LogP contribution >= 0.6 is 0 Å². The van der Waals surface area contributed by atoms with Crippen molar-refractivity contribution in [1.29, 1.82) is 0 Å². The molecule has 90 valence electrons. The Morgan fingerprint density at radius 3 is 2.65 bits per heavy atom. The molecule has 1 heterocycles. The van der Waals surface area contributed by atoms with Crippen molar-refractivity contribution < 1.29 is 13.6 Å². The SMILES string of the molecule is CN1C(=O)C2(CC2)NC1c1ccc(F)cc1F. The third kappa shape index (κ3) is 1.45.